The molecule has 0 saturated heterocycles. The van der Waals surface area contributed by atoms with Crippen LogP contribution in [0.3, 0.4) is 0 Å². The molecule has 0 aliphatic rings. The normalized spacial score (nSPS) is 8.12. The van der Waals surface area contributed by atoms with E-state index in [0.717, 1.165) is 12.1 Å². The monoisotopic (exact) mass is 424 g/mol. The van der Waals surface area contributed by atoms with Crippen LogP contribution in [0.5, 0.6) is 0 Å². The van der Waals surface area contributed by atoms with Crippen molar-refractivity contribution < 1.29 is 22.7 Å². The van der Waals surface area contributed by atoms with Crippen LogP contribution in [-0.4, -0.2) is 11.8 Å². The minimum Gasteiger partial charge on any atom is -0.261 e. The van der Waals surface area contributed by atoms with E-state index in [2.05, 4.69) is 33.5 Å². The molecule has 2 nitrogen and oxygen atoms in total. The second-order valence-electron chi connectivity index (χ2n) is 2.89. The summed E-state index contributed by atoms with van der Waals surface area (Å²) in [5.74, 6) is 0. The number of benzene rings is 1. The molecule has 0 amide bonds. The van der Waals surface area contributed by atoms with E-state index in [1.54, 1.807) is 0 Å². The number of aromatic nitrogens is 1. The maximum atomic E-state index is 7.50. The van der Waals surface area contributed by atoms with Gasteiger partial charge >= 0.3 is 27.5 Å². The van der Waals surface area contributed by atoms with Crippen molar-refractivity contribution in [3.8, 4) is 0 Å². The first-order chi connectivity index (χ1) is 8.45. The third-order valence-electron chi connectivity index (χ3n) is 1.87. The largest absolute Gasteiger partial charge is 0.261 e. The van der Waals surface area contributed by atoms with Gasteiger partial charge < -0.3 is 11.6 Å². The molecule has 0 unspecified atom stereocenters. The van der Waals surface area contributed by atoms with Gasteiger partial charge in [0.25, 0.3) is 0 Å². The Morgan fingerprint density at radius 1 is 1.18 bits per heavy atom. The van der Waals surface area contributed by atoms with E-state index < -0.39 is 0 Å². The van der Waals surface area contributed by atoms with E-state index in [1.165, 1.54) is 23.5 Å². The Bertz CT molecular complexity index is 346. The third kappa shape index (κ3) is 7.01. The molecule has 1 aromatic carbocycles. The Morgan fingerprint density at radius 2 is 1.88 bits per heavy atom. The van der Waals surface area contributed by atoms with Gasteiger partial charge in [0, 0.05) is 11.9 Å². The molecule has 1 heterocycles. The van der Waals surface area contributed by atoms with Crippen LogP contribution in [0.25, 0.3) is 0 Å². The predicted molar refractivity (Wildman–Crippen MR) is 63.9 cm³/mol. The maximum Gasteiger partial charge on any atom is 0.0426 e. The van der Waals surface area contributed by atoms with Gasteiger partial charge in [0.2, 0.25) is 0 Å². The minimum atomic E-state index is 0.863. The summed E-state index contributed by atoms with van der Waals surface area (Å²) in [6.07, 6.45) is 2.68. The topological polar surface area (TPSA) is 30.0 Å². The second-order valence-corrected chi connectivity index (χ2v) is 2.89. The molecule has 1 aromatic heterocycles. The fourth-order valence-electron chi connectivity index (χ4n) is 1.24. The van der Waals surface area contributed by atoms with Crippen molar-refractivity contribution in [3.05, 3.63) is 66.0 Å². The van der Waals surface area contributed by atoms with Crippen molar-refractivity contribution in [3.63, 3.8) is 0 Å². The Balaban J connectivity index is 0.000000581. The molecular weight excluding hydrogens is 414 g/mol. The van der Waals surface area contributed by atoms with Crippen LogP contribution >= 0.6 is 9.58 Å². The maximum absolute atomic E-state index is 7.50. The molecule has 0 bridgehead atoms. The number of halogens is 1. The van der Waals surface area contributed by atoms with Crippen molar-refractivity contribution in [2.24, 2.45) is 0 Å². The number of rotatable bonds is 2. The van der Waals surface area contributed by atoms with Gasteiger partial charge in [0.1, 0.15) is 0 Å². The summed E-state index contributed by atoms with van der Waals surface area (Å²) in [7, 11) is 4.64. The standard InChI is InChI=1S/C12H10N.CO.ClH.Ir/c1-2-6-11(7-3-1)10-12-8-4-5-9-13-12;1-2;;/h1-6,8-9H,10H2;;1H;/q2*-1;;+3/p-1. The van der Waals surface area contributed by atoms with Crippen LogP contribution in [0, 0.1) is 6.07 Å². The first kappa shape index (κ1) is 16.0. The summed E-state index contributed by atoms with van der Waals surface area (Å²) in [5.41, 5.74) is 2.27. The Morgan fingerprint density at radius 3 is 2.41 bits per heavy atom. The van der Waals surface area contributed by atoms with Gasteiger partial charge in [-0.2, -0.15) is 35.9 Å². The van der Waals surface area contributed by atoms with E-state index in [1.807, 2.05) is 42.6 Å². The fourth-order valence-corrected chi connectivity index (χ4v) is 1.24. The molecule has 0 N–H and O–H groups in total. The Labute approximate surface area is 116 Å². The average Bonchev–Trinajstić information content (AvgIpc) is 2.45. The van der Waals surface area contributed by atoms with Gasteiger partial charge in [-0.3, -0.25) is 4.98 Å². The van der Waals surface area contributed by atoms with Crippen LogP contribution in [0.4, 0.5) is 0 Å². The fraction of sp³-hybridized carbons (Fsp3) is 0.0769. The summed E-state index contributed by atoms with van der Waals surface area (Å²) < 4.78 is 0. The van der Waals surface area contributed by atoms with Crippen LogP contribution in [0.15, 0.2) is 48.7 Å². The first-order valence-corrected chi connectivity index (χ1v) is 7.60. The van der Waals surface area contributed by atoms with Gasteiger partial charge in [0.05, 0.1) is 0 Å². The summed E-state index contributed by atoms with van der Waals surface area (Å²) in [6, 6.07) is 17.1. The zero-order valence-electron chi connectivity index (χ0n) is 8.89. The average molecular weight is 424 g/mol. The van der Waals surface area contributed by atoms with Crippen molar-refractivity contribution in [1.82, 2.24) is 4.98 Å². The van der Waals surface area contributed by atoms with E-state index in [4.69, 9.17) is 4.79 Å². The summed E-state index contributed by atoms with van der Waals surface area (Å²) in [4.78, 5) is 11.8. The zero-order chi connectivity index (χ0) is 12.9. The van der Waals surface area contributed by atoms with Gasteiger partial charge in [0.15, 0.2) is 0 Å². The number of hydrogen-bond acceptors (Lipinski definition) is 2. The molecule has 0 aliphatic heterocycles. The summed E-state index contributed by atoms with van der Waals surface area (Å²) in [5, 5.41) is 0. The molecule has 0 fully saturated rings. The van der Waals surface area contributed by atoms with Crippen LogP contribution in [-0.2, 0) is 29.1 Å². The molecular formula is C13H10ClIrNO. The van der Waals surface area contributed by atoms with Crippen LogP contribution in [0.1, 0.15) is 11.3 Å². The molecule has 17 heavy (non-hydrogen) atoms. The Hall–Kier alpha value is -1.02. The molecule has 2 aromatic rings. The van der Waals surface area contributed by atoms with Gasteiger partial charge in [-0.05, 0) is 18.6 Å². The zero-order valence-corrected chi connectivity index (χ0v) is 12.0. The van der Waals surface area contributed by atoms with Crippen molar-refractivity contribution in [1.29, 1.82) is 0 Å². The van der Waals surface area contributed by atoms with Crippen LogP contribution < -0.4 is 0 Å². The molecule has 89 valence electrons. The van der Waals surface area contributed by atoms with E-state index in [9.17, 15) is 0 Å². The smallest absolute Gasteiger partial charge is 0.0426 e. The number of nitrogens with zero attached hydrogens (tertiary/aromatic N) is 1. The summed E-state index contributed by atoms with van der Waals surface area (Å²) >= 11 is 1.47. The molecule has 0 saturated carbocycles. The van der Waals surface area contributed by atoms with Gasteiger partial charge in [-0.15, -0.1) is 0 Å². The SMILES string of the molecule is [C-]=O.[Cl][Ir+2].[c-]1ccccc1Cc1ccccn1. The number of pyridine rings is 1. The molecule has 1 radical (unpaired) electrons. The molecule has 0 atom stereocenters. The quantitative estimate of drug-likeness (QED) is 0.695. The van der Waals surface area contributed by atoms with E-state index >= 15 is 0 Å². The Kier molecular flexibility index (Phi) is 10.8. The molecule has 4 heteroatoms. The van der Waals surface area contributed by atoms with Crippen molar-refractivity contribution >= 4 is 16.4 Å². The minimum absolute atomic E-state index is 0.863. The third-order valence-corrected chi connectivity index (χ3v) is 1.87. The first-order valence-electron chi connectivity index (χ1n) is 4.64. The van der Waals surface area contributed by atoms with Gasteiger partial charge in [-0.1, -0.05) is 6.07 Å². The molecule has 2 rings (SSSR count). The molecule has 0 spiro atoms. The van der Waals surface area contributed by atoms with Crippen molar-refractivity contribution in [2.45, 2.75) is 6.42 Å². The van der Waals surface area contributed by atoms with E-state index in [0.29, 0.717) is 0 Å². The second kappa shape index (κ2) is 11.5. The summed E-state index contributed by atoms with van der Waals surface area (Å²) in [6.45, 7) is 4.50. The molecule has 0 aliphatic carbocycles. The van der Waals surface area contributed by atoms with Crippen LogP contribution in [0.2, 0.25) is 0 Å². The van der Waals surface area contributed by atoms with E-state index in [-0.39, 0.29) is 0 Å². The number of hydrogen-bond donors (Lipinski definition) is 0. The van der Waals surface area contributed by atoms with Gasteiger partial charge in [-0.25, -0.2) is 0 Å². The van der Waals surface area contributed by atoms with Crippen molar-refractivity contribution in [2.75, 3.05) is 0 Å². The predicted octanol–water partition coefficient (Wildman–Crippen LogP) is 2.76. The number of carbonyl (C=O) groups excluding carboxylic acids is 1.